The van der Waals surface area contributed by atoms with Crippen LogP contribution in [0, 0.1) is 17.3 Å². The average molecular weight is 263 g/mol. The van der Waals surface area contributed by atoms with Gasteiger partial charge in [-0.15, -0.1) is 0 Å². The minimum Gasteiger partial charge on any atom is -0.301 e. The van der Waals surface area contributed by atoms with Crippen molar-refractivity contribution in [3.05, 3.63) is 11.1 Å². The number of allylic oxidation sites excluding steroid dienone is 2. The number of rotatable bonds is 3. The molecule has 0 radical (unpaired) electrons. The predicted molar refractivity (Wildman–Crippen MR) is 84.3 cm³/mol. The molecular formula is C18H33N. The van der Waals surface area contributed by atoms with E-state index in [1.807, 2.05) is 5.57 Å². The van der Waals surface area contributed by atoms with Gasteiger partial charge in [0.25, 0.3) is 0 Å². The highest BCUT2D eigenvalue weighted by Crippen LogP contribution is 2.55. The van der Waals surface area contributed by atoms with E-state index in [-0.39, 0.29) is 0 Å². The normalized spacial score (nSPS) is 28.1. The van der Waals surface area contributed by atoms with Gasteiger partial charge in [-0.2, -0.15) is 0 Å². The Bertz CT molecular complexity index is 343. The Morgan fingerprint density at radius 2 is 1.74 bits per heavy atom. The fourth-order valence-electron chi connectivity index (χ4n) is 4.89. The summed E-state index contributed by atoms with van der Waals surface area (Å²) in [6.45, 7) is 16.9. The monoisotopic (exact) mass is 263 g/mol. The number of hydrogen-bond donors (Lipinski definition) is 0. The lowest BCUT2D eigenvalue weighted by Gasteiger charge is -2.43. The third-order valence-corrected chi connectivity index (χ3v) is 5.68. The van der Waals surface area contributed by atoms with Crippen LogP contribution >= 0.6 is 0 Å². The fourth-order valence-corrected chi connectivity index (χ4v) is 4.89. The Hall–Kier alpha value is -0.300. The zero-order valence-corrected chi connectivity index (χ0v) is 13.9. The summed E-state index contributed by atoms with van der Waals surface area (Å²) in [7, 11) is 0. The highest BCUT2D eigenvalue weighted by molar-refractivity contribution is 5.32. The van der Waals surface area contributed by atoms with Crippen LogP contribution < -0.4 is 0 Å². The molecule has 1 unspecified atom stereocenters. The van der Waals surface area contributed by atoms with Gasteiger partial charge in [-0.3, -0.25) is 0 Å². The minimum absolute atomic E-state index is 0.569. The van der Waals surface area contributed by atoms with E-state index in [4.69, 9.17) is 0 Å². The Kier molecular flexibility index (Phi) is 4.45. The van der Waals surface area contributed by atoms with E-state index in [0.29, 0.717) is 5.41 Å². The van der Waals surface area contributed by atoms with Crippen molar-refractivity contribution in [3.8, 4) is 0 Å². The molecule has 0 bridgehead atoms. The number of hydrogen-bond acceptors (Lipinski definition) is 1. The molecule has 0 aromatic heterocycles. The number of nitrogens with zero attached hydrogens (tertiary/aromatic N) is 1. The van der Waals surface area contributed by atoms with Crippen LogP contribution in [0.5, 0.6) is 0 Å². The van der Waals surface area contributed by atoms with Crippen molar-refractivity contribution in [3.63, 3.8) is 0 Å². The van der Waals surface area contributed by atoms with Crippen LogP contribution in [-0.2, 0) is 0 Å². The van der Waals surface area contributed by atoms with E-state index in [2.05, 4.69) is 46.4 Å². The predicted octanol–water partition coefficient (Wildman–Crippen LogP) is 4.88. The van der Waals surface area contributed by atoms with Gasteiger partial charge in [0.05, 0.1) is 0 Å². The molecule has 2 rings (SSSR count). The number of piperidine rings is 1. The van der Waals surface area contributed by atoms with E-state index >= 15 is 0 Å². The highest BCUT2D eigenvalue weighted by atomic mass is 15.2. The van der Waals surface area contributed by atoms with Gasteiger partial charge < -0.3 is 4.90 Å². The van der Waals surface area contributed by atoms with Gasteiger partial charge in [0.15, 0.2) is 0 Å². The molecule has 1 atom stereocenters. The third-order valence-electron chi connectivity index (χ3n) is 5.68. The second-order valence-electron chi connectivity index (χ2n) is 7.46. The highest BCUT2D eigenvalue weighted by Gasteiger charge is 2.45. The van der Waals surface area contributed by atoms with Crippen molar-refractivity contribution in [1.29, 1.82) is 0 Å². The van der Waals surface area contributed by atoms with Crippen LogP contribution in [0.3, 0.4) is 0 Å². The first-order chi connectivity index (χ1) is 8.91. The SMILES string of the molecule is CCC1=C(C(C)C)C(C)CC12CCN(C(C)C)CC2. The molecule has 0 aromatic carbocycles. The van der Waals surface area contributed by atoms with Crippen LogP contribution in [-0.4, -0.2) is 24.0 Å². The molecule has 110 valence electrons. The van der Waals surface area contributed by atoms with Gasteiger partial charge in [-0.1, -0.05) is 38.8 Å². The minimum atomic E-state index is 0.569. The molecule has 19 heavy (non-hydrogen) atoms. The molecule has 1 aliphatic heterocycles. The van der Waals surface area contributed by atoms with Crippen LogP contribution in [0.25, 0.3) is 0 Å². The zero-order chi connectivity index (χ0) is 14.2. The molecule has 0 N–H and O–H groups in total. The largest absolute Gasteiger partial charge is 0.301 e. The van der Waals surface area contributed by atoms with Crippen molar-refractivity contribution < 1.29 is 0 Å². The molecule has 2 aliphatic rings. The fraction of sp³-hybridized carbons (Fsp3) is 0.889. The van der Waals surface area contributed by atoms with Gasteiger partial charge in [-0.25, -0.2) is 0 Å². The molecule has 0 saturated carbocycles. The molecule has 1 fully saturated rings. The maximum atomic E-state index is 2.66. The second kappa shape index (κ2) is 5.60. The van der Waals surface area contributed by atoms with Crippen LogP contribution in [0.4, 0.5) is 0 Å². The van der Waals surface area contributed by atoms with Gasteiger partial charge in [0, 0.05) is 6.04 Å². The Labute approximate surface area is 120 Å². The van der Waals surface area contributed by atoms with Gasteiger partial charge in [-0.05, 0) is 69.9 Å². The van der Waals surface area contributed by atoms with Crippen molar-refractivity contribution in [2.75, 3.05) is 13.1 Å². The Balaban J connectivity index is 2.22. The van der Waals surface area contributed by atoms with E-state index in [9.17, 15) is 0 Å². The summed E-state index contributed by atoms with van der Waals surface area (Å²) in [6.07, 6.45) is 5.50. The Morgan fingerprint density at radius 3 is 2.16 bits per heavy atom. The maximum absolute atomic E-state index is 2.66. The van der Waals surface area contributed by atoms with Gasteiger partial charge >= 0.3 is 0 Å². The first-order valence-electron chi connectivity index (χ1n) is 8.38. The summed E-state index contributed by atoms with van der Waals surface area (Å²) in [5.74, 6) is 1.56. The standard InChI is InChI=1S/C18H33N/c1-7-16-17(13(2)3)15(6)12-18(16)8-10-19(11-9-18)14(4)5/h13-15H,7-12H2,1-6H3. The third kappa shape index (κ3) is 2.63. The zero-order valence-electron chi connectivity index (χ0n) is 13.9. The van der Waals surface area contributed by atoms with Crippen molar-refractivity contribution in [1.82, 2.24) is 4.90 Å². The molecular weight excluding hydrogens is 230 g/mol. The summed E-state index contributed by atoms with van der Waals surface area (Å²) in [5.41, 5.74) is 4.22. The molecule has 1 saturated heterocycles. The van der Waals surface area contributed by atoms with Crippen LogP contribution in [0.1, 0.15) is 67.2 Å². The summed E-state index contributed by atoms with van der Waals surface area (Å²) >= 11 is 0. The molecule has 1 heterocycles. The number of likely N-dealkylation sites (tertiary alicyclic amines) is 1. The molecule has 0 aromatic rings. The summed E-state index contributed by atoms with van der Waals surface area (Å²) in [4.78, 5) is 2.66. The lowest BCUT2D eigenvalue weighted by molar-refractivity contribution is 0.0999. The van der Waals surface area contributed by atoms with Crippen molar-refractivity contribution in [2.45, 2.75) is 73.3 Å². The van der Waals surface area contributed by atoms with E-state index in [0.717, 1.165) is 17.9 Å². The van der Waals surface area contributed by atoms with Crippen molar-refractivity contribution >= 4 is 0 Å². The lowest BCUT2D eigenvalue weighted by Crippen LogP contribution is -2.43. The van der Waals surface area contributed by atoms with Gasteiger partial charge in [0.1, 0.15) is 0 Å². The van der Waals surface area contributed by atoms with E-state index < -0.39 is 0 Å². The molecule has 1 nitrogen and oxygen atoms in total. The first-order valence-corrected chi connectivity index (χ1v) is 8.38. The second-order valence-corrected chi connectivity index (χ2v) is 7.46. The molecule has 0 amide bonds. The summed E-state index contributed by atoms with van der Waals surface area (Å²) in [5, 5.41) is 0. The van der Waals surface area contributed by atoms with Crippen LogP contribution in [0.2, 0.25) is 0 Å². The lowest BCUT2D eigenvalue weighted by atomic mass is 9.71. The molecule has 1 aliphatic carbocycles. The van der Waals surface area contributed by atoms with Crippen molar-refractivity contribution in [2.24, 2.45) is 17.3 Å². The summed E-state index contributed by atoms with van der Waals surface area (Å²) < 4.78 is 0. The van der Waals surface area contributed by atoms with Gasteiger partial charge in [0.2, 0.25) is 0 Å². The molecule has 1 spiro atoms. The quantitative estimate of drug-likeness (QED) is 0.656. The summed E-state index contributed by atoms with van der Waals surface area (Å²) in [6, 6.07) is 0.717. The van der Waals surface area contributed by atoms with E-state index in [1.54, 1.807) is 5.57 Å². The molecule has 1 heteroatoms. The maximum Gasteiger partial charge on any atom is 0.00386 e. The van der Waals surface area contributed by atoms with E-state index in [1.165, 1.54) is 38.8 Å². The Morgan fingerprint density at radius 1 is 1.16 bits per heavy atom. The smallest absolute Gasteiger partial charge is 0.00386 e. The average Bonchev–Trinajstić information content (AvgIpc) is 2.61. The topological polar surface area (TPSA) is 3.24 Å². The first kappa shape index (κ1) is 15.1. The van der Waals surface area contributed by atoms with Crippen LogP contribution in [0.15, 0.2) is 11.1 Å².